The molecule has 22 heavy (non-hydrogen) atoms. The van der Waals surface area contributed by atoms with Crippen molar-refractivity contribution in [2.24, 2.45) is 5.92 Å². The molecule has 1 aliphatic rings. The van der Waals surface area contributed by atoms with Crippen molar-refractivity contribution < 1.29 is 21.6 Å². The van der Waals surface area contributed by atoms with Gasteiger partial charge >= 0.3 is 6.18 Å². The molecule has 124 valence electrons. The summed E-state index contributed by atoms with van der Waals surface area (Å²) in [5, 5.41) is -0.244. The fraction of sp³-hybridized carbons (Fsp3) is 0.571. The molecule has 0 N–H and O–H groups in total. The summed E-state index contributed by atoms with van der Waals surface area (Å²) < 4.78 is 65.1. The van der Waals surface area contributed by atoms with Gasteiger partial charge in [-0.3, -0.25) is 0 Å². The first-order valence-corrected chi connectivity index (χ1v) is 8.73. The second-order valence-corrected chi connectivity index (χ2v) is 8.09. The van der Waals surface area contributed by atoms with E-state index in [0.717, 1.165) is 12.1 Å². The van der Waals surface area contributed by atoms with Gasteiger partial charge < -0.3 is 0 Å². The maximum Gasteiger partial charge on any atom is 0.416 e. The van der Waals surface area contributed by atoms with Crippen LogP contribution in [0.15, 0.2) is 23.1 Å². The highest BCUT2D eigenvalue weighted by molar-refractivity contribution is 7.89. The molecule has 1 aromatic rings. The van der Waals surface area contributed by atoms with Crippen LogP contribution in [-0.4, -0.2) is 25.3 Å². The van der Waals surface area contributed by atoms with Gasteiger partial charge in [0.05, 0.1) is 10.5 Å². The molecule has 1 saturated heterocycles. The molecule has 0 unspecified atom stereocenters. The Morgan fingerprint density at radius 3 is 2.41 bits per heavy atom. The number of hydrogen-bond acceptors (Lipinski definition) is 2. The van der Waals surface area contributed by atoms with Gasteiger partial charge in [0.1, 0.15) is 0 Å². The molecule has 0 aromatic heterocycles. The third-order valence-electron chi connectivity index (χ3n) is 3.88. The Morgan fingerprint density at radius 1 is 1.23 bits per heavy atom. The first kappa shape index (κ1) is 17.6. The van der Waals surface area contributed by atoms with E-state index >= 15 is 0 Å². The highest BCUT2D eigenvalue weighted by Gasteiger charge is 2.36. The lowest BCUT2D eigenvalue weighted by molar-refractivity contribution is -0.137. The zero-order valence-electron chi connectivity index (χ0n) is 12.2. The van der Waals surface area contributed by atoms with Gasteiger partial charge in [-0.1, -0.05) is 18.5 Å². The third-order valence-corrected chi connectivity index (χ3v) is 6.09. The van der Waals surface area contributed by atoms with Gasteiger partial charge in [-0.2, -0.15) is 17.5 Å². The van der Waals surface area contributed by atoms with Crippen LogP contribution in [0, 0.1) is 5.92 Å². The molecule has 3 nitrogen and oxygen atoms in total. The highest BCUT2D eigenvalue weighted by Crippen LogP contribution is 2.35. The van der Waals surface area contributed by atoms with Crippen molar-refractivity contribution in [1.29, 1.82) is 0 Å². The minimum atomic E-state index is -4.64. The Balaban J connectivity index is 2.44. The third kappa shape index (κ3) is 3.58. The Labute approximate surface area is 133 Å². The summed E-state index contributed by atoms with van der Waals surface area (Å²) in [6.45, 7) is 4.10. The van der Waals surface area contributed by atoms with Gasteiger partial charge in [0.15, 0.2) is 0 Å². The quantitative estimate of drug-likeness (QED) is 0.798. The van der Waals surface area contributed by atoms with Crippen LogP contribution in [-0.2, 0) is 16.2 Å². The van der Waals surface area contributed by atoms with E-state index < -0.39 is 26.7 Å². The number of halogens is 4. The summed E-state index contributed by atoms with van der Waals surface area (Å²) in [4.78, 5) is -0.409. The van der Waals surface area contributed by atoms with E-state index in [2.05, 4.69) is 0 Å². The summed E-state index contributed by atoms with van der Waals surface area (Å²) >= 11 is 5.68. The SMILES string of the molecule is C[C@@H]1CCN(S(=O)(=O)c2cc(Cl)cc(C(F)(F)F)c2)[C@H](C)C1. The van der Waals surface area contributed by atoms with Gasteiger partial charge in [-0.15, -0.1) is 0 Å². The second kappa shape index (κ2) is 6.02. The van der Waals surface area contributed by atoms with Crippen LogP contribution in [0.4, 0.5) is 13.2 Å². The number of rotatable bonds is 2. The van der Waals surface area contributed by atoms with E-state index in [-0.39, 0.29) is 11.1 Å². The molecule has 0 saturated carbocycles. The van der Waals surface area contributed by atoms with Crippen molar-refractivity contribution in [1.82, 2.24) is 4.31 Å². The zero-order chi connectivity index (χ0) is 16.7. The molecule has 1 aromatic carbocycles. The molecule has 1 aliphatic heterocycles. The van der Waals surface area contributed by atoms with E-state index in [1.54, 1.807) is 6.92 Å². The summed E-state index contributed by atoms with van der Waals surface area (Å²) in [7, 11) is -3.99. The minimum Gasteiger partial charge on any atom is -0.207 e. The maximum absolute atomic E-state index is 12.8. The molecule has 1 fully saturated rings. The largest absolute Gasteiger partial charge is 0.416 e. The number of benzene rings is 1. The van der Waals surface area contributed by atoms with Gasteiger partial charge in [-0.25, -0.2) is 8.42 Å². The van der Waals surface area contributed by atoms with Crippen molar-refractivity contribution >= 4 is 21.6 Å². The molecule has 1 heterocycles. The van der Waals surface area contributed by atoms with Crippen molar-refractivity contribution in [3.8, 4) is 0 Å². The number of nitrogens with zero attached hydrogens (tertiary/aromatic N) is 1. The minimum absolute atomic E-state index is 0.244. The van der Waals surface area contributed by atoms with Gasteiger partial charge in [-0.05, 0) is 43.9 Å². The lowest BCUT2D eigenvalue weighted by Crippen LogP contribution is -2.44. The van der Waals surface area contributed by atoms with Gasteiger partial charge in [0, 0.05) is 17.6 Å². The number of alkyl halides is 3. The van der Waals surface area contributed by atoms with E-state index in [4.69, 9.17) is 11.6 Å². The molecule has 0 aliphatic carbocycles. The molecule has 8 heteroatoms. The summed E-state index contributed by atoms with van der Waals surface area (Å²) in [5.41, 5.74) is -1.06. The standard InChI is InChI=1S/C14H17ClF3NO2S/c1-9-3-4-19(10(2)5-9)22(20,21)13-7-11(14(16,17)18)6-12(15)8-13/h6-10H,3-5H2,1-2H3/t9-,10-/m1/s1. The Morgan fingerprint density at radius 2 is 1.86 bits per heavy atom. The van der Waals surface area contributed by atoms with Crippen LogP contribution < -0.4 is 0 Å². The average molecular weight is 356 g/mol. The van der Waals surface area contributed by atoms with Gasteiger partial charge in [0.2, 0.25) is 10.0 Å². The smallest absolute Gasteiger partial charge is 0.207 e. The van der Waals surface area contributed by atoms with Crippen LogP contribution in [0.2, 0.25) is 5.02 Å². The van der Waals surface area contributed by atoms with E-state index in [9.17, 15) is 21.6 Å². The molecule has 0 bridgehead atoms. The van der Waals surface area contributed by atoms with Crippen LogP contribution >= 0.6 is 11.6 Å². The van der Waals surface area contributed by atoms with Crippen LogP contribution in [0.25, 0.3) is 0 Å². The molecule has 0 radical (unpaired) electrons. The fourth-order valence-electron chi connectivity index (χ4n) is 2.75. The second-order valence-electron chi connectivity index (χ2n) is 5.77. The molecule has 0 amide bonds. The van der Waals surface area contributed by atoms with Crippen molar-refractivity contribution in [2.75, 3.05) is 6.54 Å². The monoisotopic (exact) mass is 355 g/mol. The van der Waals surface area contributed by atoms with Crippen LogP contribution in [0.5, 0.6) is 0 Å². The summed E-state index contributed by atoms with van der Waals surface area (Å²) in [5.74, 6) is 0.395. The highest BCUT2D eigenvalue weighted by atomic mass is 35.5. The van der Waals surface area contributed by atoms with Crippen LogP contribution in [0.3, 0.4) is 0 Å². The molecular formula is C14H17ClF3NO2S. The van der Waals surface area contributed by atoms with Gasteiger partial charge in [0.25, 0.3) is 0 Å². The van der Waals surface area contributed by atoms with Crippen molar-refractivity contribution in [3.63, 3.8) is 0 Å². The predicted molar refractivity (Wildman–Crippen MR) is 78.2 cm³/mol. The average Bonchev–Trinajstić information content (AvgIpc) is 2.36. The number of sulfonamides is 1. The zero-order valence-corrected chi connectivity index (χ0v) is 13.8. The Bertz CT molecular complexity index is 661. The normalized spacial score (nSPS) is 24.5. The first-order valence-electron chi connectivity index (χ1n) is 6.91. The van der Waals surface area contributed by atoms with E-state index in [1.165, 1.54) is 4.31 Å². The van der Waals surface area contributed by atoms with Crippen LogP contribution in [0.1, 0.15) is 32.3 Å². The first-order chi connectivity index (χ1) is 10.0. The fourth-order valence-corrected chi connectivity index (χ4v) is 4.78. The maximum atomic E-state index is 12.8. The molecular weight excluding hydrogens is 339 g/mol. The van der Waals surface area contributed by atoms with Crippen molar-refractivity contribution in [3.05, 3.63) is 28.8 Å². The topological polar surface area (TPSA) is 37.4 Å². The number of piperidine rings is 1. The Kier molecular flexibility index (Phi) is 4.80. The number of hydrogen-bond donors (Lipinski definition) is 0. The molecule has 0 spiro atoms. The lowest BCUT2D eigenvalue weighted by atomic mass is 9.95. The molecule has 2 rings (SSSR count). The molecule has 2 atom stereocenters. The van der Waals surface area contributed by atoms with Crippen molar-refractivity contribution in [2.45, 2.75) is 43.8 Å². The summed E-state index contributed by atoms with van der Waals surface area (Å²) in [6, 6.07) is 2.19. The predicted octanol–water partition coefficient (Wildman–Crippen LogP) is 4.17. The van der Waals surface area contributed by atoms with E-state index in [0.29, 0.717) is 31.4 Å². The van der Waals surface area contributed by atoms with E-state index in [1.807, 2.05) is 6.92 Å². The lowest BCUT2D eigenvalue weighted by Gasteiger charge is -2.35. The summed E-state index contributed by atoms with van der Waals surface area (Å²) in [6.07, 6.45) is -3.26. The Hall–Kier alpha value is -0.790.